The first-order valence-corrected chi connectivity index (χ1v) is 11.1. The minimum absolute atomic E-state index is 0.128. The number of ether oxygens (including phenoxy) is 1. The number of aryl methyl sites for hydroxylation is 2. The molecule has 2 aliphatic heterocycles. The largest absolute Gasteiger partial charge is 0.487 e. The SMILES string of the molecule is Cc1ccc(COc2ccn(-c3ccc4c5c(n(C)c4c3)CC3CCC5N3)c(=O)c2)nn1. The van der Waals surface area contributed by atoms with Crippen LogP contribution in [0.5, 0.6) is 5.75 Å². The molecule has 1 saturated heterocycles. The molecule has 1 fully saturated rings. The third kappa shape index (κ3) is 3.12. The molecule has 1 aromatic carbocycles. The number of benzene rings is 1. The Labute approximate surface area is 185 Å². The van der Waals surface area contributed by atoms with Crippen molar-refractivity contribution in [2.24, 2.45) is 7.05 Å². The van der Waals surface area contributed by atoms with E-state index in [1.807, 2.05) is 31.2 Å². The fourth-order valence-corrected chi connectivity index (χ4v) is 5.16. The van der Waals surface area contributed by atoms with E-state index in [0.29, 0.717) is 17.8 Å². The van der Waals surface area contributed by atoms with Crippen molar-refractivity contribution in [3.05, 3.63) is 81.7 Å². The standard InChI is InChI=1S/C25H25N5O2/c1-15-3-4-17(28-27-15)14-32-19-9-10-30(24(31)13-19)18-6-7-20-22(12-18)29(2)23-11-16-5-8-21(26-16)25(20)23/h3-4,6-7,9-10,12-13,16,21,26H,5,8,11,14H2,1-2H3. The van der Waals surface area contributed by atoms with Crippen molar-refractivity contribution in [1.29, 1.82) is 0 Å². The molecule has 2 unspecified atom stereocenters. The van der Waals surface area contributed by atoms with Gasteiger partial charge in [0.25, 0.3) is 5.56 Å². The van der Waals surface area contributed by atoms with E-state index in [9.17, 15) is 4.79 Å². The van der Waals surface area contributed by atoms with Gasteiger partial charge in [0.2, 0.25) is 0 Å². The first-order valence-electron chi connectivity index (χ1n) is 11.1. The van der Waals surface area contributed by atoms with Gasteiger partial charge in [-0.05, 0) is 55.7 Å². The maximum Gasteiger partial charge on any atom is 0.258 e. The first-order chi connectivity index (χ1) is 15.6. The van der Waals surface area contributed by atoms with E-state index in [1.165, 1.54) is 41.1 Å². The van der Waals surface area contributed by atoms with Crippen LogP contribution in [0.3, 0.4) is 0 Å². The van der Waals surface area contributed by atoms with Gasteiger partial charge in [-0.3, -0.25) is 9.36 Å². The summed E-state index contributed by atoms with van der Waals surface area (Å²) in [7, 11) is 2.14. The van der Waals surface area contributed by atoms with Gasteiger partial charge >= 0.3 is 0 Å². The van der Waals surface area contributed by atoms with Crippen LogP contribution in [0.25, 0.3) is 16.6 Å². The number of hydrogen-bond donors (Lipinski definition) is 1. The van der Waals surface area contributed by atoms with Crippen molar-refractivity contribution in [3.63, 3.8) is 0 Å². The summed E-state index contributed by atoms with van der Waals surface area (Å²) in [4.78, 5) is 12.9. The van der Waals surface area contributed by atoms with Gasteiger partial charge in [0.15, 0.2) is 0 Å². The number of pyridine rings is 1. The van der Waals surface area contributed by atoms with Crippen molar-refractivity contribution >= 4 is 10.9 Å². The predicted octanol–water partition coefficient (Wildman–Crippen LogP) is 3.36. The van der Waals surface area contributed by atoms with E-state index in [4.69, 9.17) is 4.74 Å². The molecule has 0 amide bonds. The molecule has 4 aromatic rings. The third-order valence-corrected chi connectivity index (χ3v) is 6.79. The molecule has 162 valence electrons. The number of nitrogens with one attached hydrogen (secondary N) is 1. The van der Waals surface area contributed by atoms with Crippen LogP contribution in [0.4, 0.5) is 0 Å². The van der Waals surface area contributed by atoms with Crippen LogP contribution < -0.4 is 15.6 Å². The number of hydrogen-bond acceptors (Lipinski definition) is 5. The summed E-state index contributed by atoms with van der Waals surface area (Å²) in [6, 6.07) is 14.5. The van der Waals surface area contributed by atoms with Crippen LogP contribution in [0.15, 0.2) is 53.5 Å². The van der Waals surface area contributed by atoms with Crippen LogP contribution in [0.2, 0.25) is 0 Å². The lowest BCUT2D eigenvalue weighted by Gasteiger charge is -2.23. The van der Waals surface area contributed by atoms with Crippen LogP contribution in [0, 0.1) is 6.92 Å². The number of fused-ring (bicyclic) bond motifs is 6. The highest BCUT2D eigenvalue weighted by Gasteiger charge is 2.35. The van der Waals surface area contributed by atoms with Gasteiger partial charge in [-0.25, -0.2) is 0 Å². The molecule has 2 bridgehead atoms. The number of aromatic nitrogens is 4. The van der Waals surface area contributed by atoms with Crippen molar-refractivity contribution in [2.45, 2.75) is 44.9 Å². The zero-order chi connectivity index (χ0) is 21.8. The highest BCUT2D eigenvalue weighted by atomic mass is 16.5. The lowest BCUT2D eigenvalue weighted by Crippen LogP contribution is -2.32. The van der Waals surface area contributed by atoms with E-state index in [1.54, 1.807) is 10.8 Å². The molecule has 2 aliphatic rings. The Bertz CT molecular complexity index is 1390. The molecule has 3 aromatic heterocycles. The fourth-order valence-electron chi connectivity index (χ4n) is 5.16. The van der Waals surface area contributed by atoms with Crippen molar-refractivity contribution in [1.82, 2.24) is 24.6 Å². The Morgan fingerprint density at radius 3 is 2.84 bits per heavy atom. The Balaban J connectivity index is 1.30. The van der Waals surface area contributed by atoms with Crippen molar-refractivity contribution in [3.8, 4) is 11.4 Å². The summed E-state index contributed by atoms with van der Waals surface area (Å²) in [6.07, 6.45) is 5.29. The molecule has 0 saturated carbocycles. The van der Waals surface area contributed by atoms with E-state index >= 15 is 0 Å². The van der Waals surface area contributed by atoms with Gasteiger partial charge in [0.1, 0.15) is 18.1 Å². The molecule has 32 heavy (non-hydrogen) atoms. The normalized spacial score (nSPS) is 19.3. The van der Waals surface area contributed by atoms with E-state index in [0.717, 1.165) is 23.5 Å². The summed E-state index contributed by atoms with van der Waals surface area (Å²) in [6.45, 7) is 2.16. The van der Waals surface area contributed by atoms with Crippen LogP contribution in [-0.2, 0) is 20.1 Å². The third-order valence-electron chi connectivity index (χ3n) is 6.79. The zero-order valence-electron chi connectivity index (χ0n) is 18.2. The molecule has 7 heteroatoms. The van der Waals surface area contributed by atoms with Crippen LogP contribution >= 0.6 is 0 Å². The first kappa shape index (κ1) is 19.3. The molecular formula is C25H25N5O2. The molecular weight excluding hydrogens is 402 g/mol. The Kier molecular flexibility index (Phi) is 4.40. The van der Waals surface area contributed by atoms with Gasteiger partial charge in [0, 0.05) is 48.9 Å². The number of nitrogens with zero attached hydrogens (tertiary/aromatic N) is 4. The summed E-state index contributed by atoms with van der Waals surface area (Å²) in [5.74, 6) is 0.520. The molecule has 0 aliphatic carbocycles. The summed E-state index contributed by atoms with van der Waals surface area (Å²) >= 11 is 0. The quantitative estimate of drug-likeness (QED) is 0.541. The number of rotatable bonds is 4. The van der Waals surface area contributed by atoms with Crippen molar-refractivity contribution in [2.75, 3.05) is 0 Å². The minimum Gasteiger partial charge on any atom is -0.487 e. The fraction of sp³-hybridized carbons (Fsp3) is 0.320. The van der Waals surface area contributed by atoms with Gasteiger partial charge in [-0.15, -0.1) is 0 Å². The average Bonchev–Trinajstić information content (AvgIpc) is 3.31. The lowest BCUT2D eigenvalue weighted by atomic mass is 9.99. The average molecular weight is 428 g/mol. The monoisotopic (exact) mass is 427 g/mol. The topological polar surface area (TPSA) is 74.0 Å². The second kappa shape index (κ2) is 7.31. The zero-order valence-corrected chi connectivity index (χ0v) is 18.2. The van der Waals surface area contributed by atoms with E-state index in [2.05, 4.69) is 39.3 Å². The van der Waals surface area contributed by atoms with Gasteiger partial charge in [0.05, 0.1) is 16.9 Å². The summed E-state index contributed by atoms with van der Waals surface area (Å²) < 4.78 is 9.72. The van der Waals surface area contributed by atoms with Crippen molar-refractivity contribution < 1.29 is 4.74 Å². The smallest absolute Gasteiger partial charge is 0.258 e. The van der Waals surface area contributed by atoms with Gasteiger partial charge < -0.3 is 14.6 Å². The maximum absolute atomic E-state index is 12.9. The highest BCUT2D eigenvalue weighted by Crippen LogP contribution is 2.41. The Morgan fingerprint density at radius 2 is 2.03 bits per heavy atom. The minimum atomic E-state index is -0.128. The second-order valence-electron chi connectivity index (χ2n) is 8.84. The van der Waals surface area contributed by atoms with Gasteiger partial charge in [-0.2, -0.15) is 10.2 Å². The predicted molar refractivity (Wildman–Crippen MR) is 122 cm³/mol. The Morgan fingerprint density at radius 1 is 1.12 bits per heavy atom. The molecule has 6 rings (SSSR count). The molecule has 0 radical (unpaired) electrons. The molecule has 1 N–H and O–H groups in total. The molecule has 2 atom stereocenters. The maximum atomic E-state index is 12.9. The molecule has 7 nitrogen and oxygen atoms in total. The molecule has 0 spiro atoms. The molecule has 5 heterocycles. The van der Waals surface area contributed by atoms with E-state index < -0.39 is 0 Å². The highest BCUT2D eigenvalue weighted by molar-refractivity contribution is 5.88. The lowest BCUT2D eigenvalue weighted by molar-refractivity contribution is 0.299. The summed E-state index contributed by atoms with van der Waals surface area (Å²) in [5.41, 5.74) is 6.35. The second-order valence-corrected chi connectivity index (χ2v) is 8.84. The van der Waals surface area contributed by atoms with Crippen LogP contribution in [-0.4, -0.2) is 25.4 Å². The van der Waals surface area contributed by atoms with Crippen LogP contribution in [0.1, 0.15) is 41.5 Å². The summed E-state index contributed by atoms with van der Waals surface area (Å²) in [5, 5.41) is 13.2. The van der Waals surface area contributed by atoms with Gasteiger partial charge in [-0.1, -0.05) is 6.07 Å². The van der Waals surface area contributed by atoms with E-state index in [-0.39, 0.29) is 12.2 Å². The Hall–Kier alpha value is -3.45.